The molecule has 0 aliphatic heterocycles. The molecule has 1 aliphatic rings. The first-order valence-electron chi connectivity index (χ1n) is 9.47. The lowest BCUT2D eigenvalue weighted by atomic mass is 9.85. The van der Waals surface area contributed by atoms with Gasteiger partial charge in [0.2, 0.25) is 10.0 Å². The molecule has 1 aliphatic carbocycles. The molecule has 1 atom stereocenters. The van der Waals surface area contributed by atoms with E-state index in [4.69, 9.17) is 5.14 Å². The van der Waals surface area contributed by atoms with Gasteiger partial charge in [-0.05, 0) is 43.4 Å². The normalized spacial score (nSPS) is 17.1. The minimum absolute atomic E-state index is 0. The van der Waals surface area contributed by atoms with Crippen LogP contribution in [0.25, 0.3) is 0 Å². The average Bonchev–Trinajstić information content (AvgIpc) is 2.64. The SMILES string of the molecule is CN=C(NCc1ccc(S(N)(=O)=O)cc1)NC(C)CCC1CCCCC1.I. The smallest absolute Gasteiger partial charge is 0.238 e. The average molecular weight is 508 g/mol. The number of hydrogen-bond acceptors (Lipinski definition) is 3. The Hall–Kier alpha value is -0.870. The third-order valence-electron chi connectivity index (χ3n) is 5.05. The van der Waals surface area contributed by atoms with E-state index in [0.717, 1.165) is 23.9 Å². The Kier molecular flexibility index (Phi) is 10.6. The number of halogens is 1. The molecule has 4 N–H and O–H groups in total. The van der Waals surface area contributed by atoms with Crippen molar-refractivity contribution >= 4 is 40.0 Å². The lowest BCUT2D eigenvalue weighted by molar-refractivity contribution is 0.322. The van der Waals surface area contributed by atoms with Crippen LogP contribution in [0.2, 0.25) is 0 Å². The molecule has 1 unspecified atom stereocenters. The third-order valence-corrected chi connectivity index (χ3v) is 5.98. The highest BCUT2D eigenvalue weighted by molar-refractivity contribution is 14.0. The van der Waals surface area contributed by atoms with E-state index in [1.807, 2.05) is 0 Å². The Labute approximate surface area is 180 Å². The van der Waals surface area contributed by atoms with Crippen molar-refractivity contribution < 1.29 is 8.42 Å². The first kappa shape index (κ1) is 24.2. The van der Waals surface area contributed by atoms with E-state index in [-0.39, 0.29) is 28.9 Å². The van der Waals surface area contributed by atoms with Crippen molar-refractivity contribution in [3.63, 3.8) is 0 Å². The molecule has 8 heteroatoms. The molecule has 0 spiro atoms. The fraction of sp³-hybridized carbons (Fsp3) is 0.632. The van der Waals surface area contributed by atoms with Gasteiger partial charge in [-0.25, -0.2) is 13.6 Å². The van der Waals surface area contributed by atoms with E-state index < -0.39 is 10.0 Å². The van der Waals surface area contributed by atoms with Gasteiger partial charge in [0, 0.05) is 19.6 Å². The molecular formula is C19H33IN4O2S. The topological polar surface area (TPSA) is 96.6 Å². The van der Waals surface area contributed by atoms with Crippen molar-refractivity contribution in [3.05, 3.63) is 29.8 Å². The second kappa shape index (κ2) is 11.9. The van der Waals surface area contributed by atoms with Crippen molar-refractivity contribution in [1.29, 1.82) is 0 Å². The van der Waals surface area contributed by atoms with Crippen LogP contribution in [-0.4, -0.2) is 27.5 Å². The van der Waals surface area contributed by atoms with Crippen LogP contribution in [0.4, 0.5) is 0 Å². The summed E-state index contributed by atoms with van der Waals surface area (Å²) in [5.74, 6) is 1.65. The zero-order valence-electron chi connectivity index (χ0n) is 16.3. The predicted octanol–water partition coefficient (Wildman–Crippen LogP) is 3.37. The molecule has 1 aromatic rings. The van der Waals surface area contributed by atoms with Gasteiger partial charge in [-0.3, -0.25) is 4.99 Å². The molecule has 27 heavy (non-hydrogen) atoms. The summed E-state index contributed by atoms with van der Waals surface area (Å²) in [7, 11) is -1.89. The van der Waals surface area contributed by atoms with Gasteiger partial charge in [0.25, 0.3) is 0 Å². The molecule has 0 heterocycles. The molecular weight excluding hydrogens is 475 g/mol. The van der Waals surface area contributed by atoms with Crippen molar-refractivity contribution in [1.82, 2.24) is 10.6 Å². The number of guanidine groups is 1. The Morgan fingerprint density at radius 1 is 1.22 bits per heavy atom. The number of hydrogen-bond donors (Lipinski definition) is 3. The number of nitrogens with zero attached hydrogens (tertiary/aromatic N) is 1. The fourth-order valence-electron chi connectivity index (χ4n) is 3.44. The lowest BCUT2D eigenvalue weighted by Gasteiger charge is -2.24. The summed E-state index contributed by atoms with van der Waals surface area (Å²) in [6, 6.07) is 6.93. The standard InChI is InChI=1S/C19H32N4O2S.HI/c1-15(8-9-16-6-4-3-5-7-16)23-19(21-2)22-14-17-10-12-18(13-11-17)26(20,24)25;/h10-13,15-16H,3-9,14H2,1-2H3,(H2,20,24,25)(H2,21,22,23);1H. The molecule has 0 bridgehead atoms. The number of nitrogens with one attached hydrogen (secondary N) is 2. The monoisotopic (exact) mass is 508 g/mol. The first-order chi connectivity index (χ1) is 12.4. The summed E-state index contributed by atoms with van der Waals surface area (Å²) in [5, 5.41) is 11.8. The predicted molar refractivity (Wildman–Crippen MR) is 122 cm³/mol. The Bertz CT molecular complexity index is 686. The van der Waals surface area contributed by atoms with Gasteiger partial charge in [-0.1, -0.05) is 44.2 Å². The van der Waals surface area contributed by atoms with E-state index in [0.29, 0.717) is 12.6 Å². The maximum absolute atomic E-state index is 11.3. The summed E-state index contributed by atoms with van der Waals surface area (Å²) in [6.07, 6.45) is 9.37. The number of rotatable bonds is 7. The van der Waals surface area contributed by atoms with Gasteiger partial charge in [-0.2, -0.15) is 0 Å². The zero-order chi connectivity index (χ0) is 19.0. The summed E-state index contributed by atoms with van der Waals surface area (Å²) < 4.78 is 22.6. The fourth-order valence-corrected chi connectivity index (χ4v) is 3.96. The number of primary sulfonamides is 1. The summed E-state index contributed by atoms with van der Waals surface area (Å²) in [6.45, 7) is 2.76. The first-order valence-corrected chi connectivity index (χ1v) is 11.0. The third kappa shape index (κ3) is 8.78. The minimum atomic E-state index is -3.64. The quantitative estimate of drug-likeness (QED) is 0.299. The summed E-state index contributed by atoms with van der Waals surface area (Å²) in [5.41, 5.74) is 0.968. The van der Waals surface area contributed by atoms with E-state index in [1.165, 1.54) is 50.7 Å². The van der Waals surface area contributed by atoms with Crippen LogP contribution in [0.3, 0.4) is 0 Å². The van der Waals surface area contributed by atoms with Gasteiger partial charge in [-0.15, -0.1) is 24.0 Å². The largest absolute Gasteiger partial charge is 0.354 e. The summed E-state index contributed by atoms with van der Waals surface area (Å²) >= 11 is 0. The highest BCUT2D eigenvalue weighted by Crippen LogP contribution is 2.27. The maximum atomic E-state index is 11.3. The van der Waals surface area contributed by atoms with Crippen LogP contribution in [0.5, 0.6) is 0 Å². The van der Waals surface area contributed by atoms with Gasteiger partial charge in [0.15, 0.2) is 5.96 Å². The van der Waals surface area contributed by atoms with Gasteiger partial charge < -0.3 is 10.6 Å². The van der Waals surface area contributed by atoms with E-state index in [1.54, 1.807) is 19.2 Å². The van der Waals surface area contributed by atoms with Crippen LogP contribution in [0.1, 0.15) is 57.4 Å². The van der Waals surface area contributed by atoms with Crippen LogP contribution < -0.4 is 15.8 Å². The lowest BCUT2D eigenvalue weighted by Crippen LogP contribution is -2.42. The number of nitrogens with two attached hydrogens (primary N) is 1. The van der Waals surface area contributed by atoms with Crippen molar-refractivity contribution in [2.45, 2.75) is 69.4 Å². The van der Waals surface area contributed by atoms with Crippen LogP contribution >= 0.6 is 24.0 Å². The number of aliphatic imine (C=N–C) groups is 1. The Morgan fingerprint density at radius 2 is 1.85 bits per heavy atom. The molecule has 6 nitrogen and oxygen atoms in total. The van der Waals surface area contributed by atoms with Crippen molar-refractivity contribution in [3.8, 4) is 0 Å². The minimum Gasteiger partial charge on any atom is -0.354 e. The maximum Gasteiger partial charge on any atom is 0.238 e. The highest BCUT2D eigenvalue weighted by atomic mass is 127. The van der Waals surface area contributed by atoms with Gasteiger partial charge >= 0.3 is 0 Å². The summed E-state index contributed by atoms with van der Waals surface area (Å²) in [4.78, 5) is 4.40. The molecule has 0 saturated heterocycles. The molecule has 0 radical (unpaired) electrons. The molecule has 0 amide bonds. The second-order valence-electron chi connectivity index (χ2n) is 7.24. The van der Waals surface area contributed by atoms with Gasteiger partial charge in [0.1, 0.15) is 0 Å². The van der Waals surface area contributed by atoms with Gasteiger partial charge in [0.05, 0.1) is 4.90 Å². The second-order valence-corrected chi connectivity index (χ2v) is 8.80. The molecule has 2 rings (SSSR count). The molecule has 1 aromatic carbocycles. The number of benzene rings is 1. The van der Waals surface area contributed by atoms with E-state index >= 15 is 0 Å². The van der Waals surface area contributed by atoms with E-state index in [2.05, 4.69) is 22.5 Å². The van der Waals surface area contributed by atoms with Crippen molar-refractivity contribution in [2.24, 2.45) is 16.0 Å². The molecule has 154 valence electrons. The Balaban J connectivity index is 0.00000364. The molecule has 1 fully saturated rings. The number of sulfonamides is 1. The van der Waals surface area contributed by atoms with Crippen molar-refractivity contribution in [2.75, 3.05) is 7.05 Å². The highest BCUT2D eigenvalue weighted by Gasteiger charge is 2.15. The molecule has 1 saturated carbocycles. The zero-order valence-corrected chi connectivity index (χ0v) is 19.4. The van der Waals surface area contributed by atoms with E-state index in [9.17, 15) is 8.42 Å². The Morgan fingerprint density at radius 3 is 2.41 bits per heavy atom. The molecule has 0 aromatic heterocycles. The van der Waals surface area contributed by atoms with Crippen LogP contribution in [-0.2, 0) is 16.6 Å². The van der Waals surface area contributed by atoms with Crippen LogP contribution in [0, 0.1) is 5.92 Å². The van der Waals surface area contributed by atoms with Crippen LogP contribution in [0.15, 0.2) is 34.2 Å².